The molecule has 2 aromatic rings. The van der Waals surface area contributed by atoms with E-state index in [1.165, 1.54) is 12.1 Å². The summed E-state index contributed by atoms with van der Waals surface area (Å²) in [5, 5.41) is 8.68. The lowest BCUT2D eigenvalue weighted by atomic mass is 10.2. The summed E-state index contributed by atoms with van der Waals surface area (Å²) >= 11 is 5.01. The van der Waals surface area contributed by atoms with E-state index in [1.54, 1.807) is 29.1 Å². The van der Waals surface area contributed by atoms with Gasteiger partial charge in [-0.05, 0) is 30.4 Å². The molecule has 1 aromatic heterocycles. The van der Waals surface area contributed by atoms with Crippen LogP contribution in [-0.2, 0) is 0 Å². The van der Waals surface area contributed by atoms with Gasteiger partial charge in [-0.15, -0.1) is 0 Å². The van der Waals surface area contributed by atoms with E-state index in [-0.39, 0.29) is 5.56 Å². The van der Waals surface area contributed by atoms with E-state index in [0.29, 0.717) is 10.5 Å². The largest absolute Gasteiger partial charge is 0.337 e. The molecule has 0 bridgehead atoms. The summed E-state index contributed by atoms with van der Waals surface area (Å²) in [7, 11) is 0. The molecule has 2 rings (SSSR count). The summed E-state index contributed by atoms with van der Waals surface area (Å²) in [6, 6.07) is 6.06. The highest BCUT2D eigenvalue weighted by Gasteiger charge is 2.04. The van der Waals surface area contributed by atoms with Crippen molar-refractivity contribution in [3.8, 4) is 11.8 Å². The van der Waals surface area contributed by atoms with Gasteiger partial charge in [0.2, 0.25) is 0 Å². The zero-order valence-electron chi connectivity index (χ0n) is 7.57. The number of nitrogens with zero attached hydrogens (tertiary/aromatic N) is 2. The SMILES string of the molecule is N#Cc1cc(-n2cc[nH]c2=S)ccc1F. The normalized spacial score (nSPS) is 9.87. The molecule has 0 aliphatic carbocycles. The van der Waals surface area contributed by atoms with Crippen molar-refractivity contribution in [2.75, 3.05) is 0 Å². The highest BCUT2D eigenvalue weighted by atomic mass is 32.1. The molecule has 5 heteroatoms. The molecule has 0 aliphatic rings. The summed E-state index contributed by atoms with van der Waals surface area (Å²) in [5.74, 6) is -0.525. The van der Waals surface area contributed by atoms with Gasteiger partial charge < -0.3 is 4.98 Å². The number of nitrogens with one attached hydrogen (secondary N) is 1. The third kappa shape index (κ3) is 1.67. The maximum Gasteiger partial charge on any atom is 0.181 e. The van der Waals surface area contributed by atoms with E-state index in [0.717, 1.165) is 0 Å². The fraction of sp³-hybridized carbons (Fsp3) is 0. The Kier molecular flexibility index (Phi) is 2.35. The predicted molar refractivity (Wildman–Crippen MR) is 55.6 cm³/mol. The summed E-state index contributed by atoms with van der Waals surface area (Å²) in [5.41, 5.74) is 0.676. The Bertz CT molecular complexity index is 591. The van der Waals surface area contributed by atoms with E-state index in [4.69, 9.17) is 17.5 Å². The number of H-pyrrole nitrogens is 1. The predicted octanol–water partition coefficient (Wildman–Crippen LogP) is 2.55. The lowest BCUT2D eigenvalue weighted by Crippen LogP contribution is -1.94. The number of aromatic nitrogens is 2. The van der Waals surface area contributed by atoms with E-state index < -0.39 is 5.82 Å². The van der Waals surface area contributed by atoms with Gasteiger partial charge in [0.25, 0.3) is 0 Å². The Morgan fingerprint density at radius 1 is 1.47 bits per heavy atom. The Morgan fingerprint density at radius 2 is 2.27 bits per heavy atom. The van der Waals surface area contributed by atoms with E-state index in [2.05, 4.69) is 4.98 Å². The molecular formula is C10H6FN3S. The van der Waals surface area contributed by atoms with Crippen LogP contribution in [0.1, 0.15) is 5.56 Å². The maximum atomic E-state index is 13.0. The maximum absolute atomic E-state index is 13.0. The van der Waals surface area contributed by atoms with Gasteiger partial charge in [-0.25, -0.2) is 4.39 Å². The molecule has 74 valence electrons. The molecule has 0 amide bonds. The van der Waals surface area contributed by atoms with Gasteiger partial charge in [0.05, 0.1) is 5.56 Å². The Balaban J connectivity index is 2.62. The molecule has 1 N–H and O–H groups in total. The van der Waals surface area contributed by atoms with Crippen LogP contribution in [0.15, 0.2) is 30.6 Å². The van der Waals surface area contributed by atoms with Crippen LogP contribution in [0, 0.1) is 21.9 Å². The smallest absolute Gasteiger partial charge is 0.181 e. The first-order chi connectivity index (χ1) is 7.22. The molecular weight excluding hydrogens is 213 g/mol. The summed E-state index contributed by atoms with van der Waals surface area (Å²) in [6.45, 7) is 0. The number of nitriles is 1. The highest BCUT2D eigenvalue weighted by Crippen LogP contribution is 2.13. The number of benzene rings is 1. The van der Waals surface area contributed by atoms with Crippen molar-refractivity contribution < 1.29 is 4.39 Å². The molecule has 0 saturated heterocycles. The van der Waals surface area contributed by atoms with Crippen molar-refractivity contribution in [1.82, 2.24) is 9.55 Å². The second kappa shape index (κ2) is 3.67. The molecule has 0 aliphatic heterocycles. The molecule has 15 heavy (non-hydrogen) atoms. The third-order valence-corrected chi connectivity index (χ3v) is 2.31. The number of hydrogen-bond acceptors (Lipinski definition) is 2. The standard InChI is InChI=1S/C10H6FN3S/c11-9-2-1-8(5-7(9)6-12)14-4-3-13-10(14)15/h1-5H,(H,13,15). The summed E-state index contributed by atoms with van der Waals surface area (Å²) in [4.78, 5) is 2.82. The average molecular weight is 219 g/mol. The van der Waals surface area contributed by atoms with E-state index in [9.17, 15) is 4.39 Å². The number of halogens is 1. The van der Waals surface area contributed by atoms with Gasteiger partial charge in [-0.3, -0.25) is 4.57 Å². The molecule has 0 fully saturated rings. The molecule has 0 unspecified atom stereocenters. The Hall–Kier alpha value is -1.93. The number of aromatic amines is 1. The van der Waals surface area contributed by atoms with Crippen LogP contribution in [0.2, 0.25) is 0 Å². The van der Waals surface area contributed by atoms with Crippen molar-refractivity contribution in [2.45, 2.75) is 0 Å². The summed E-state index contributed by atoms with van der Waals surface area (Å²) < 4.78 is 15.2. The minimum Gasteiger partial charge on any atom is -0.337 e. The molecule has 3 nitrogen and oxygen atoms in total. The average Bonchev–Trinajstić information content (AvgIpc) is 2.65. The van der Waals surface area contributed by atoms with Crippen molar-refractivity contribution in [3.05, 3.63) is 46.7 Å². The van der Waals surface area contributed by atoms with Crippen LogP contribution in [0.25, 0.3) is 5.69 Å². The van der Waals surface area contributed by atoms with Crippen molar-refractivity contribution in [1.29, 1.82) is 5.26 Å². The van der Waals surface area contributed by atoms with E-state index in [1.807, 2.05) is 0 Å². The van der Waals surface area contributed by atoms with Gasteiger partial charge in [-0.1, -0.05) is 0 Å². The topological polar surface area (TPSA) is 44.5 Å². The third-order valence-electron chi connectivity index (χ3n) is 2.00. The number of hydrogen-bond donors (Lipinski definition) is 1. The molecule has 0 radical (unpaired) electrons. The zero-order chi connectivity index (χ0) is 10.8. The second-order valence-electron chi connectivity index (χ2n) is 2.91. The van der Waals surface area contributed by atoms with Gasteiger partial charge in [-0.2, -0.15) is 5.26 Å². The Morgan fingerprint density at radius 3 is 2.87 bits per heavy atom. The number of rotatable bonds is 1. The second-order valence-corrected chi connectivity index (χ2v) is 3.30. The van der Waals surface area contributed by atoms with Crippen LogP contribution >= 0.6 is 12.2 Å². The highest BCUT2D eigenvalue weighted by molar-refractivity contribution is 7.71. The fourth-order valence-corrected chi connectivity index (χ4v) is 1.51. The van der Waals surface area contributed by atoms with Gasteiger partial charge in [0, 0.05) is 18.1 Å². The van der Waals surface area contributed by atoms with Crippen molar-refractivity contribution >= 4 is 12.2 Å². The van der Waals surface area contributed by atoms with E-state index >= 15 is 0 Å². The number of imidazole rings is 1. The van der Waals surface area contributed by atoms with Crippen LogP contribution in [0.4, 0.5) is 4.39 Å². The van der Waals surface area contributed by atoms with Crippen LogP contribution in [0.5, 0.6) is 0 Å². The first kappa shape index (κ1) is 9.62. The molecule has 0 atom stereocenters. The van der Waals surface area contributed by atoms with Crippen LogP contribution in [0.3, 0.4) is 0 Å². The van der Waals surface area contributed by atoms with Crippen molar-refractivity contribution in [3.63, 3.8) is 0 Å². The van der Waals surface area contributed by atoms with Gasteiger partial charge in [0.1, 0.15) is 11.9 Å². The monoisotopic (exact) mass is 219 g/mol. The zero-order valence-corrected chi connectivity index (χ0v) is 8.38. The first-order valence-corrected chi connectivity index (χ1v) is 4.59. The molecule has 1 heterocycles. The van der Waals surface area contributed by atoms with Crippen LogP contribution in [-0.4, -0.2) is 9.55 Å². The quantitative estimate of drug-likeness (QED) is 0.749. The summed E-state index contributed by atoms with van der Waals surface area (Å²) in [6.07, 6.45) is 3.40. The first-order valence-electron chi connectivity index (χ1n) is 4.18. The Labute approximate surface area is 90.4 Å². The lowest BCUT2D eigenvalue weighted by Gasteiger charge is -2.02. The molecule has 0 saturated carbocycles. The fourth-order valence-electron chi connectivity index (χ4n) is 1.27. The minimum absolute atomic E-state index is 0.00981. The van der Waals surface area contributed by atoms with Gasteiger partial charge >= 0.3 is 0 Å². The lowest BCUT2D eigenvalue weighted by molar-refractivity contribution is 0.623. The van der Waals surface area contributed by atoms with Crippen LogP contribution < -0.4 is 0 Å². The molecule has 0 spiro atoms. The minimum atomic E-state index is -0.525. The van der Waals surface area contributed by atoms with Crippen molar-refractivity contribution in [2.24, 2.45) is 0 Å². The van der Waals surface area contributed by atoms with Gasteiger partial charge in [0.15, 0.2) is 4.77 Å². The molecule has 1 aromatic carbocycles.